The summed E-state index contributed by atoms with van der Waals surface area (Å²) in [6.07, 6.45) is 12.3. The second kappa shape index (κ2) is 9.86. The Morgan fingerprint density at radius 2 is 1.47 bits per heavy atom. The topological polar surface area (TPSA) is 53.0 Å². The van der Waals surface area contributed by atoms with E-state index in [-0.39, 0.29) is 6.61 Å². The first kappa shape index (κ1) is 14.9. The Bertz CT molecular complexity index is 169. The molecule has 2 atom stereocenters. The van der Waals surface area contributed by atoms with Gasteiger partial charge in [0, 0.05) is 0 Å². The maximum Gasteiger partial charge on any atom is 0.0810 e. The van der Waals surface area contributed by atoms with Crippen molar-refractivity contribution in [3.63, 3.8) is 0 Å². The molecule has 0 amide bonds. The minimum Gasteiger partial charge on any atom is -0.394 e. The highest BCUT2D eigenvalue weighted by Crippen LogP contribution is 2.18. The average Bonchev–Trinajstić information content (AvgIpc) is 3.15. The van der Waals surface area contributed by atoms with Crippen LogP contribution in [0.5, 0.6) is 0 Å². The van der Waals surface area contributed by atoms with Gasteiger partial charge < -0.3 is 14.9 Å². The number of rotatable bonds is 12. The molecular formula is C14H28O3. The summed E-state index contributed by atoms with van der Waals surface area (Å²) in [6, 6.07) is 0. The van der Waals surface area contributed by atoms with Gasteiger partial charge in [0.25, 0.3) is 0 Å². The van der Waals surface area contributed by atoms with E-state index in [4.69, 9.17) is 14.9 Å². The summed E-state index contributed by atoms with van der Waals surface area (Å²) >= 11 is 0. The predicted octanol–water partition coefficient (Wildman–Crippen LogP) is 2.64. The molecule has 0 bridgehead atoms. The van der Waals surface area contributed by atoms with Crippen molar-refractivity contribution in [3.8, 4) is 0 Å². The molecule has 0 saturated carbocycles. The predicted molar refractivity (Wildman–Crippen MR) is 69.0 cm³/mol. The van der Waals surface area contributed by atoms with Gasteiger partial charge in [0.2, 0.25) is 0 Å². The molecule has 0 unspecified atom stereocenters. The van der Waals surface area contributed by atoms with E-state index in [1.165, 1.54) is 51.4 Å². The van der Waals surface area contributed by atoms with Gasteiger partial charge in [-0.25, -0.2) is 0 Å². The third kappa shape index (κ3) is 9.57. The third-order valence-electron chi connectivity index (χ3n) is 3.43. The van der Waals surface area contributed by atoms with E-state index < -0.39 is 6.10 Å². The van der Waals surface area contributed by atoms with Crippen molar-refractivity contribution in [1.29, 1.82) is 0 Å². The van der Waals surface area contributed by atoms with Gasteiger partial charge in [-0.15, -0.1) is 0 Å². The van der Waals surface area contributed by atoms with Crippen molar-refractivity contribution in [3.05, 3.63) is 0 Å². The molecule has 3 heteroatoms. The monoisotopic (exact) mass is 244 g/mol. The van der Waals surface area contributed by atoms with Crippen molar-refractivity contribution < 1.29 is 14.9 Å². The van der Waals surface area contributed by atoms with Crippen LogP contribution < -0.4 is 0 Å². The molecule has 1 aliphatic rings. The van der Waals surface area contributed by atoms with Crippen LogP contribution in [0.25, 0.3) is 0 Å². The summed E-state index contributed by atoms with van der Waals surface area (Å²) in [6.45, 7) is 0.907. The van der Waals surface area contributed by atoms with Crippen LogP contribution in [0.1, 0.15) is 64.2 Å². The number of aliphatic hydroxyl groups is 2. The standard InChI is InChI=1S/C14H28O3/c15-11-13(16)9-7-5-3-1-2-4-6-8-10-14-12-17-14/h13-16H,1-12H2/t13-,14-/m0/s1. The van der Waals surface area contributed by atoms with Gasteiger partial charge in [-0.2, -0.15) is 0 Å². The Balaban J connectivity index is 1.66. The van der Waals surface area contributed by atoms with E-state index in [2.05, 4.69) is 0 Å². The lowest BCUT2D eigenvalue weighted by molar-refractivity contribution is 0.0860. The molecule has 0 aromatic heterocycles. The lowest BCUT2D eigenvalue weighted by Gasteiger charge is -2.06. The molecule has 1 rings (SSSR count). The van der Waals surface area contributed by atoms with Crippen LogP contribution in [0.15, 0.2) is 0 Å². The van der Waals surface area contributed by atoms with Crippen LogP contribution in [0.4, 0.5) is 0 Å². The van der Waals surface area contributed by atoms with E-state index in [1.54, 1.807) is 0 Å². The highest BCUT2D eigenvalue weighted by Gasteiger charge is 2.20. The number of ether oxygens (including phenoxy) is 1. The van der Waals surface area contributed by atoms with Crippen LogP contribution in [-0.2, 0) is 4.74 Å². The average molecular weight is 244 g/mol. The van der Waals surface area contributed by atoms with Crippen LogP contribution in [0.3, 0.4) is 0 Å². The summed E-state index contributed by atoms with van der Waals surface area (Å²) in [7, 11) is 0. The molecular weight excluding hydrogens is 216 g/mol. The minimum atomic E-state index is -0.500. The number of epoxide rings is 1. The Labute approximate surface area is 105 Å². The Morgan fingerprint density at radius 3 is 2.00 bits per heavy atom. The number of unbranched alkanes of at least 4 members (excludes halogenated alkanes) is 7. The summed E-state index contributed by atoms with van der Waals surface area (Å²) in [5.74, 6) is 0. The van der Waals surface area contributed by atoms with E-state index >= 15 is 0 Å². The van der Waals surface area contributed by atoms with Gasteiger partial charge in [-0.3, -0.25) is 0 Å². The second-order valence-corrected chi connectivity index (χ2v) is 5.20. The highest BCUT2D eigenvalue weighted by atomic mass is 16.6. The van der Waals surface area contributed by atoms with Gasteiger partial charge in [0.05, 0.1) is 25.4 Å². The van der Waals surface area contributed by atoms with E-state index in [1.807, 2.05) is 0 Å². The zero-order valence-corrected chi connectivity index (χ0v) is 10.9. The van der Waals surface area contributed by atoms with Gasteiger partial charge in [0.15, 0.2) is 0 Å². The fourth-order valence-corrected chi connectivity index (χ4v) is 2.14. The quantitative estimate of drug-likeness (QED) is 0.410. The first-order chi connectivity index (χ1) is 8.33. The van der Waals surface area contributed by atoms with Gasteiger partial charge in [-0.1, -0.05) is 51.4 Å². The zero-order chi connectivity index (χ0) is 12.3. The Hall–Kier alpha value is -0.120. The highest BCUT2D eigenvalue weighted by molar-refractivity contribution is 4.68. The summed E-state index contributed by atoms with van der Waals surface area (Å²) in [4.78, 5) is 0. The molecule has 0 aromatic carbocycles. The molecule has 17 heavy (non-hydrogen) atoms. The van der Waals surface area contributed by atoms with Crippen molar-refractivity contribution >= 4 is 0 Å². The molecule has 0 spiro atoms. The molecule has 102 valence electrons. The largest absolute Gasteiger partial charge is 0.394 e. The van der Waals surface area contributed by atoms with Gasteiger partial charge >= 0.3 is 0 Å². The van der Waals surface area contributed by atoms with Crippen molar-refractivity contribution in [1.82, 2.24) is 0 Å². The normalized spacial score (nSPS) is 20.5. The Morgan fingerprint density at radius 1 is 0.941 bits per heavy atom. The molecule has 0 aromatic rings. The summed E-state index contributed by atoms with van der Waals surface area (Å²) in [5, 5.41) is 17.8. The van der Waals surface area contributed by atoms with Crippen LogP contribution in [0.2, 0.25) is 0 Å². The maximum atomic E-state index is 9.15. The van der Waals surface area contributed by atoms with E-state index in [9.17, 15) is 0 Å². The molecule has 0 radical (unpaired) electrons. The molecule has 3 nitrogen and oxygen atoms in total. The fourth-order valence-electron chi connectivity index (χ4n) is 2.14. The smallest absolute Gasteiger partial charge is 0.0810 e. The van der Waals surface area contributed by atoms with Crippen LogP contribution in [-0.4, -0.2) is 35.6 Å². The van der Waals surface area contributed by atoms with Crippen LogP contribution in [0, 0.1) is 0 Å². The number of hydrogen-bond acceptors (Lipinski definition) is 3. The molecule has 1 saturated heterocycles. The maximum absolute atomic E-state index is 9.15. The molecule has 0 aliphatic carbocycles. The summed E-state index contributed by atoms with van der Waals surface area (Å²) in [5.41, 5.74) is 0. The molecule has 1 heterocycles. The van der Waals surface area contributed by atoms with E-state index in [0.717, 1.165) is 19.4 Å². The SMILES string of the molecule is OC[C@@H](O)CCCCCCCCCC[C@H]1CO1. The fraction of sp³-hybridized carbons (Fsp3) is 1.00. The second-order valence-electron chi connectivity index (χ2n) is 5.20. The molecule has 1 fully saturated rings. The molecule has 2 N–H and O–H groups in total. The minimum absolute atomic E-state index is 0.0926. The van der Waals surface area contributed by atoms with Gasteiger partial charge in [0.1, 0.15) is 0 Å². The van der Waals surface area contributed by atoms with Crippen LogP contribution >= 0.6 is 0 Å². The number of aliphatic hydroxyl groups excluding tert-OH is 2. The van der Waals surface area contributed by atoms with E-state index in [0.29, 0.717) is 6.10 Å². The third-order valence-corrected chi connectivity index (χ3v) is 3.43. The van der Waals surface area contributed by atoms with Crippen molar-refractivity contribution in [2.75, 3.05) is 13.2 Å². The first-order valence-electron chi connectivity index (χ1n) is 7.23. The number of hydrogen-bond donors (Lipinski definition) is 2. The molecule has 1 aliphatic heterocycles. The Kier molecular flexibility index (Phi) is 8.67. The van der Waals surface area contributed by atoms with Crippen molar-refractivity contribution in [2.45, 2.75) is 76.4 Å². The lowest BCUT2D eigenvalue weighted by atomic mass is 10.0. The first-order valence-corrected chi connectivity index (χ1v) is 7.23. The summed E-state index contributed by atoms with van der Waals surface area (Å²) < 4.78 is 5.17. The van der Waals surface area contributed by atoms with Crippen molar-refractivity contribution in [2.24, 2.45) is 0 Å². The van der Waals surface area contributed by atoms with Gasteiger partial charge in [-0.05, 0) is 12.8 Å². The lowest BCUT2D eigenvalue weighted by Crippen LogP contribution is -2.10. The zero-order valence-electron chi connectivity index (χ0n) is 10.9.